The molecule has 380 valence electrons. The fourth-order valence-electron chi connectivity index (χ4n) is 8.76. The number of amides is 5. The molecule has 25 heteroatoms. The van der Waals surface area contributed by atoms with Crippen LogP contribution in [0.2, 0.25) is 0 Å². The van der Waals surface area contributed by atoms with Crippen molar-refractivity contribution < 1.29 is 33.4 Å². The first-order valence-corrected chi connectivity index (χ1v) is 24.0. The Balaban J connectivity index is 0.000000188. The second kappa shape index (κ2) is 22.8. The summed E-state index contributed by atoms with van der Waals surface area (Å²) in [7, 11) is 0. The number of carbonyl (C=O) groups excluding carboxylic acids is 5. The number of fused-ring (bicyclic) bond motifs is 1. The number of nitrogens with one attached hydrogen (secondary N) is 3. The third-order valence-corrected chi connectivity index (χ3v) is 12.6. The molecule has 73 heavy (non-hydrogen) atoms. The summed E-state index contributed by atoms with van der Waals surface area (Å²) in [6.45, 7) is 6.92. The van der Waals surface area contributed by atoms with Gasteiger partial charge in [0.2, 0.25) is 11.9 Å². The molecule has 4 fully saturated rings. The quantitative estimate of drug-likeness (QED) is 0.101. The summed E-state index contributed by atoms with van der Waals surface area (Å²) in [6.07, 6.45) is 8.77. The Kier molecular flexibility index (Phi) is 15.5. The molecule has 4 aliphatic heterocycles. The molecule has 10 rings (SSSR count). The van der Waals surface area contributed by atoms with Crippen molar-refractivity contribution in [1.29, 1.82) is 0 Å². The molecule has 25 nitrogen and oxygen atoms in total. The van der Waals surface area contributed by atoms with Gasteiger partial charge < -0.3 is 66.6 Å². The lowest BCUT2D eigenvalue weighted by Crippen LogP contribution is -2.48. The molecule has 0 unspecified atom stereocenters. The molecular weight excluding hydrogens is 941 g/mol. The number of aromatic nitrogens is 8. The summed E-state index contributed by atoms with van der Waals surface area (Å²) < 4.78 is 12.5. The maximum absolute atomic E-state index is 13.0. The van der Waals surface area contributed by atoms with E-state index in [9.17, 15) is 24.0 Å². The first-order chi connectivity index (χ1) is 35.4. The molecule has 0 saturated carbocycles. The highest BCUT2D eigenvalue weighted by Crippen LogP contribution is 2.25. The van der Waals surface area contributed by atoms with Gasteiger partial charge >= 0.3 is 0 Å². The molecule has 2 atom stereocenters. The first kappa shape index (κ1) is 49.6. The Morgan fingerprint density at radius 3 is 1.60 bits per heavy atom. The van der Waals surface area contributed by atoms with Crippen molar-refractivity contribution in [1.82, 2.24) is 54.9 Å². The fraction of sp³-hybridized carbons (Fsp3) is 0.375. The van der Waals surface area contributed by atoms with E-state index in [1.807, 2.05) is 20.4 Å². The molecule has 0 spiro atoms. The lowest BCUT2D eigenvalue weighted by Gasteiger charge is -2.33. The van der Waals surface area contributed by atoms with Crippen LogP contribution in [0.25, 0.3) is 5.65 Å². The van der Waals surface area contributed by atoms with E-state index in [1.165, 1.54) is 0 Å². The topological polar surface area (TPSA) is 326 Å². The number of nitrogens with two attached hydrogens (primary N) is 3. The van der Waals surface area contributed by atoms with Gasteiger partial charge in [-0.15, -0.1) is 20.4 Å². The zero-order chi connectivity index (χ0) is 50.8. The predicted octanol–water partition coefficient (Wildman–Crippen LogP) is 1.35. The van der Waals surface area contributed by atoms with E-state index >= 15 is 0 Å². The summed E-state index contributed by atoms with van der Waals surface area (Å²) >= 11 is 0. The first-order valence-electron chi connectivity index (χ1n) is 24.0. The molecule has 0 radical (unpaired) electrons. The number of nitrogens with zero attached hydrogens (tertiary/aromatic N) is 12. The van der Waals surface area contributed by atoms with E-state index in [-0.39, 0.29) is 52.8 Å². The van der Waals surface area contributed by atoms with Crippen LogP contribution in [0.1, 0.15) is 77.7 Å². The van der Waals surface area contributed by atoms with Crippen LogP contribution in [0.15, 0.2) is 79.3 Å². The SMILES string of the molecule is NC(=O)c1nnc(N2CCC[C@@H](N)C2)nc1Nc1ccc(C(=O)N2CCOCC2)cc1.NC(=O)c1nnc(N2CCC[C@@H](NC(=O)c3ccn4ccnc4c3)C2)nc1Nc1ccc(C(=O)N2CCOCC2)cc1. The van der Waals surface area contributed by atoms with E-state index in [4.69, 9.17) is 26.7 Å². The van der Waals surface area contributed by atoms with Crippen molar-refractivity contribution in [3.8, 4) is 0 Å². The minimum absolute atomic E-state index is 0.0416. The Hall–Kier alpha value is -8.42. The highest BCUT2D eigenvalue weighted by atomic mass is 16.5. The van der Waals surface area contributed by atoms with E-state index in [2.05, 4.69) is 51.3 Å². The van der Waals surface area contributed by atoms with Crippen LogP contribution in [0.5, 0.6) is 0 Å². The molecule has 5 amide bonds. The number of piperidine rings is 2. The number of carbonyl (C=O) groups is 5. The normalized spacial score (nSPS) is 18.0. The van der Waals surface area contributed by atoms with Crippen molar-refractivity contribution >= 4 is 70.1 Å². The van der Waals surface area contributed by atoms with Crippen LogP contribution in [-0.2, 0) is 9.47 Å². The lowest BCUT2D eigenvalue weighted by molar-refractivity contribution is 0.0301. The molecule has 0 aliphatic carbocycles. The third kappa shape index (κ3) is 12.2. The van der Waals surface area contributed by atoms with Crippen molar-refractivity contribution in [3.05, 3.63) is 107 Å². The lowest BCUT2D eigenvalue weighted by atomic mass is 10.1. The summed E-state index contributed by atoms with van der Waals surface area (Å²) in [4.78, 5) is 82.9. The number of hydrogen-bond acceptors (Lipinski definition) is 19. The zero-order valence-corrected chi connectivity index (χ0v) is 39.9. The van der Waals surface area contributed by atoms with Gasteiger partial charge in [-0.2, -0.15) is 9.97 Å². The average molecular weight is 997 g/mol. The van der Waals surface area contributed by atoms with Gasteiger partial charge in [0.1, 0.15) is 5.65 Å². The van der Waals surface area contributed by atoms with Gasteiger partial charge in [-0.25, -0.2) is 4.98 Å². The molecule has 9 N–H and O–H groups in total. The number of anilines is 6. The molecule has 4 aliphatic rings. The highest BCUT2D eigenvalue weighted by molar-refractivity contribution is 5.98. The van der Waals surface area contributed by atoms with Gasteiger partial charge in [0.05, 0.1) is 26.4 Å². The van der Waals surface area contributed by atoms with Gasteiger partial charge in [-0.3, -0.25) is 24.0 Å². The number of ether oxygens (including phenoxy) is 2. The van der Waals surface area contributed by atoms with Gasteiger partial charge in [0.15, 0.2) is 23.0 Å². The third-order valence-electron chi connectivity index (χ3n) is 12.6. The Bertz CT molecular complexity index is 2950. The summed E-state index contributed by atoms with van der Waals surface area (Å²) in [6, 6.07) is 17.2. The second-order valence-electron chi connectivity index (χ2n) is 17.8. The smallest absolute Gasteiger partial charge is 0.273 e. The Morgan fingerprint density at radius 2 is 1.10 bits per heavy atom. The van der Waals surface area contributed by atoms with Crippen molar-refractivity contribution in [2.75, 3.05) is 99.2 Å². The van der Waals surface area contributed by atoms with Crippen LogP contribution in [0, 0.1) is 0 Å². The predicted molar refractivity (Wildman–Crippen MR) is 267 cm³/mol. The van der Waals surface area contributed by atoms with Crippen LogP contribution >= 0.6 is 0 Å². The van der Waals surface area contributed by atoms with Crippen LogP contribution in [-0.4, -0.2) is 170 Å². The largest absolute Gasteiger partial charge is 0.378 e. The number of primary amides is 2. The molecule has 0 bridgehead atoms. The summed E-state index contributed by atoms with van der Waals surface area (Å²) in [5.74, 6) is -0.746. The average Bonchev–Trinajstić information content (AvgIpc) is 3.90. The maximum atomic E-state index is 13.0. The van der Waals surface area contributed by atoms with Crippen LogP contribution in [0.3, 0.4) is 0 Å². The van der Waals surface area contributed by atoms with Crippen molar-refractivity contribution in [2.45, 2.75) is 37.8 Å². The second-order valence-corrected chi connectivity index (χ2v) is 17.8. The van der Waals surface area contributed by atoms with Crippen LogP contribution < -0.4 is 43.0 Å². The van der Waals surface area contributed by atoms with E-state index in [1.54, 1.807) is 82.9 Å². The van der Waals surface area contributed by atoms with Crippen molar-refractivity contribution in [3.63, 3.8) is 0 Å². The summed E-state index contributed by atoms with van der Waals surface area (Å²) in [5.41, 5.74) is 20.5. The highest BCUT2D eigenvalue weighted by Gasteiger charge is 2.27. The van der Waals surface area contributed by atoms with Gasteiger partial charge in [0.25, 0.3) is 29.5 Å². The Morgan fingerprint density at radius 1 is 0.589 bits per heavy atom. The Labute approximate surface area is 418 Å². The number of benzene rings is 2. The van der Waals surface area contributed by atoms with Gasteiger partial charge in [0, 0.05) is 111 Å². The monoisotopic (exact) mass is 996 g/mol. The van der Waals surface area contributed by atoms with E-state index < -0.39 is 11.8 Å². The minimum atomic E-state index is -0.776. The molecule has 4 saturated heterocycles. The zero-order valence-electron chi connectivity index (χ0n) is 39.9. The molecule has 6 aromatic rings. The van der Waals surface area contributed by atoms with E-state index in [0.29, 0.717) is 118 Å². The molecular formula is C48H56N18O7. The van der Waals surface area contributed by atoms with Gasteiger partial charge in [-0.1, -0.05) is 0 Å². The molecule has 2 aromatic carbocycles. The summed E-state index contributed by atoms with van der Waals surface area (Å²) in [5, 5.41) is 25.5. The van der Waals surface area contributed by atoms with Crippen molar-refractivity contribution in [2.24, 2.45) is 17.2 Å². The van der Waals surface area contributed by atoms with Gasteiger partial charge in [-0.05, 0) is 86.3 Å². The number of rotatable bonds is 12. The number of morpholine rings is 2. The number of imidazole rings is 1. The van der Waals surface area contributed by atoms with Crippen LogP contribution in [0.4, 0.5) is 34.9 Å². The van der Waals surface area contributed by atoms with E-state index in [0.717, 1.165) is 32.2 Å². The minimum Gasteiger partial charge on any atom is -0.378 e. The molecule has 8 heterocycles. The molecule has 4 aromatic heterocycles. The standard InChI is InChI=1S/C28H30N10O4.C20H26N8O3/c29-24(39)23-25(31-20-5-3-18(4-6-20)27(41)37-12-14-42-15-13-37)33-28(35-34-23)38-9-1-2-21(17-38)32-26(40)19-7-10-36-11-8-30-22(36)16-19;21-14-2-1-7-28(12-14)20-24-18(16(17(22)29)25-26-20)23-15-5-3-13(4-6-15)19(30)27-8-10-31-11-9-27/h3-8,10-11,16,21H,1-2,9,12-15,17H2,(H2,29,39)(H,32,40)(H,31,33,35);3-6,14H,1-2,7-12,21H2,(H2,22,29)(H,23,24,26)/t21-;14-/m11/s1. The number of pyridine rings is 1. The fourth-order valence-corrected chi connectivity index (χ4v) is 8.76. The number of hydrogen-bond donors (Lipinski definition) is 6. The maximum Gasteiger partial charge on any atom is 0.273 e.